The summed E-state index contributed by atoms with van der Waals surface area (Å²) < 4.78 is 0. The molecule has 10 heavy (non-hydrogen) atoms. The van der Waals surface area contributed by atoms with Crippen LogP contribution in [0.5, 0.6) is 0 Å². The van der Waals surface area contributed by atoms with Crippen molar-refractivity contribution in [2.24, 2.45) is 5.92 Å². The van der Waals surface area contributed by atoms with Crippen molar-refractivity contribution in [2.75, 3.05) is 31.6 Å². The van der Waals surface area contributed by atoms with Crippen molar-refractivity contribution in [2.45, 2.75) is 13.3 Å². The van der Waals surface area contributed by atoms with Crippen LogP contribution in [0.4, 0.5) is 0 Å². The molecule has 1 rings (SSSR count). The predicted octanol–water partition coefficient (Wildman–Crippen LogP) is 1.69. The fraction of sp³-hybridized carbons (Fsp3) is 1.00. The van der Waals surface area contributed by atoms with Gasteiger partial charge in [0.25, 0.3) is 0 Å². The molecule has 0 saturated carbocycles. The van der Waals surface area contributed by atoms with E-state index in [4.69, 9.17) is 0 Å². The number of nitrogens with zero attached hydrogens (tertiary/aromatic N) is 1. The summed E-state index contributed by atoms with van der Waals surface area (Å²) in [6, 6.07) is 0. The Morgan fingerprint density at radius 3 is 2.60 bits per heavy atom. The van der Waals surface area contributed by atoms with E-state index in [0.717, 1.165) is 5.92 Å². The lowest BCUT2D eigenvalue weighted by atomic mass is 10.2. The molecule has 0 atom stereocenters. The molecule has 0 unspecified atom stereocenters. The van der Waals surface area contributed by atoms with Crippen LogP contribution in [0.3, 0.4) is 0 Å². The van der Waals surface area contributed by atoms with Gasteiger partial charge in [-0.15, -0.1) is 0 Å². The van der Waals surface area contributed by atoms with Crippen LogP contribution < -0.4 is 0 Å². The fourth-order valence-electron chi connectivity index (χ4n) is 1.30. The lowest BCUT2D eigenvalue weighted by Crippen LogP contribution is -2.33. The molecule has 0 aromatic heterocycles. The third kappa shape index (κ3) is 2.51. The van der Waals surface area contributed by atoms with Gasteiger partial charge in [-0.2, -0.15) is 11.8 Å². The Hall–Kier alpha value is 0.310. The van der Waals surface area contributed by atoms with Crippen LogP contribution in [-0.4, -0.2) is 36.5 Å². The second-order valence-corrected chi connectivity index (χ2v) is 4.24. The van der Waals surface area contributed by atoms with Gasteiger partial charge in [-0.3, -0.25) is 0 Å². The molecule has 1 aliphatic rings. The van der Waals surface area contributed by atoms with Crippen molar-refractivity contribution in [3.63, 3.8) is 0 Å². The molecule has 60 valence electrons. The lowest BCUT2D eigenvalue weighted by Gasteiger charge is -2.29. The van der Waals surface area contributed by atoms with E-state index in [9.17, 15) is 0 Å². The van der Waals surface area contributed by atoms with E-state index in [0.29, 0.717) is 0 Å². The van der Waals surface area contributed by atoms with Crippen molar-refractivity contribution in [1.82, 2.24) is 4.90 Å². The molecule has 1 saturated heterocycles. The summed E-state index contributed by atoms with van der Waals surface area (Å²) in [5.74, 6) is 3.80. The average Bonchev–Trinajstić information content (AvgIpc) is 1.80. The molecule has 0 aliphatic carbocycles. The van der Waals surface area contributed by atoms with Gasteiger partial charge in [-0.25, -0.2) is 0 Å². The van der Waals surface area contributed by atoms with Crippen molar-refractivity contribution < 1.29 is 0 Å². The van der Waals surface area contributed by atoms with Gasteiger partial charge in [0.1, 0.15) is 0 Å². The minimum absolute atomic E-state index is 1.00. The Bertz CT molecular complexity index is 91.3. The smallest absolute Gasteiger partial charge is 0.00224 e. The highest BCUT2D eigenvalue weighted by atomic mass is 32.2. The van der Waals surface area contributed by atoms with E-state index >= 15 is 0 Å². The Morgan fingerprint density at radius 1 is 1.50 bits per heavy atom. The summed E-state index contributed by atoms with van der Waals surface area (Å²) in [4.78, 5) is 2.45. The van der Waals surface area contributed by atoms with Gasteiger partial charge in [-0.1, -0.05) is 6.92 Å². The van der Waals surface area contributed by atoms with Crippen molar-refractivity contribution in [3.8, 4) is 0 Å². The predicted molar refractivity (Wildman–Crippen MR) is 48.6 cm³/mol. The van der Waals surface area contributed by atoms with Crippen molar-refractivity contribution in [1.29, 1.82) is 0 Å². The molecule has 1 nitrogen and oxygen atoms in total. The number of rotatable bonds is 4. The van der Waals surface area contributed by atoms with Crippen molar-refractivity contribution in [3.05, 3.63) is 0 Å². The number of hydrogen-bond acceptors (Lipinski definition) is 2. The van der Waals surface area contributed by atoms with Crippen LogP contribution in [0.25, 0.3) is 0 Å². The first-order valence-corrected chi connectivity index (χ1v) is 5.24. The molecular weight excluding hydrogens is 142 g/mol. The van der Waals surface area contributed by atoms with Gasteiger partial charge < -0.3 is 4.90 Å². The summed E-state index contributed by atoms with van der Waals surface area (Å²) in [6.07, 6.45) is 1.29. The zero-order valence-electron chi connectivity index (χ0n) is 6.97. The highest BCUT2D eigenvalue weighted by Crippen LogP contribution is 2.24. The van der Waals surface area contributed by atoms with Gasteiger partial charge in [0, 0.05) is 6.54 Å². The zero-order chi connectivity index (χ0) is 7.40. The SMILES string of the molecule is CCCN(C)CC1CSC1. The Kier molecular flexibility index (Phi) is 3.57. The molecule has 1 aliphatic heterocycles. The lowest BCUT2D eigenvalue weighted by molar-refractivity contribution is 0.295. The third-order valence-electron chi connectivity index (χ3n) is 1.88. The molecule has 0 aromatic carbocycles. The largest absolute Gasteiger partial charge is 0.306 e. The first-order chi connectivity index (χ1) is 4.83. The number of hydrogen-bond donors (Lipinski definition) is 0. The molecular formula is C8H17NS. The van der Waals surface area contributed by atoms with Gasteiger partial charge in [-0.05, 0) is 37.4 Å². The zero-order valence-corrected chi connectivity index (χ0v) is 7.78. The first-order valence-electron chi connectivity index (χ1n) is 4.09. The second kappa shape index (κ2) is 4.24. The van der Waals surface area contributed by atoms with Crippen LogP contribution >= 0.6 is 11.8 Å². The Labute approximate surface area is 68.2 Å². The van der Waals surface area contributed by atoms with Crippen molar-refractivity contribution >= 4 is 11.8 Å². The minimum Gasteiger partial charge on any atom is -0.306 e. The summed E-state index contributed by atoms with van der Waals surface area (Å²) in [5, 5.41) is 0. The van der Waals surface area contributed by atoms with E-state index in [1.165, 1.54) is 31.0 Å². The maximum absolute atomic E-state index is 2.45. The Balaban J connectivity index is 1.99. The van der Waals surface area contributed by atoms with Crippen LogP contribution in [-0.2, 0) is 0 Å². The van der Waals surface area contributed by atoms with Crippen LogP contribution in [0.15, 0.2) is 0 Å². The Morgan fingerprint density at radius 2 is 2.20 bits per heavy atom. The van der Waals surface area contributed by atoms with Crippen LogP contribution in [0.1, 0.15) is 13.3 Å². The molecule has 2 heteroatoms. The van der Waals surface area contributed by atoms with Gasteiger partial charge in [0.05, 0.1) is 0 Å². The molecule has 1 heterocycles. The van der Waals surface area contributed by atoms with E-state index in [2.05, 4.69) is 30.6 Å². The maximum atomic E-state index is 2.45. The standard InChI is InChI=1S/C8H17NS/c1-3-4-9(2)5-8-6-10-7-8/h8H,3-7H2,1-2H3. The highest BCUT2D eigenvalue weighted by Gasteiger charge is 2.18. The average molecular weight is 159 g/mol. The fourth-order valence-corrected chi connectivity index (χ4v) is 2.08. The topological polar surface area (TPSA) is 3.24 Å². The third-order valence-corrected chi connectivity index (χ3v) is 3.30. The highest BCUT2D eigenvalue weighted by molar-refractivity contribution is 8.00. The van der Waals surface area contributed by atoms with E-state index in [1.54, 1.807) is 0 Å². The minimum atomic E-state index is 1.00. The van der Waals surface area contributed by atoms with Gasteiger partial charge >= 0.3 is 0 Å². The molecule has 0 radical (unpaired) electrons. The molecule has 1 fully saturated rings. The van der Waals surface area contributed by atoms with Gasteiger partial charge in [0.2, 0.25) is 0 Å². The monoisotopic (exact) mass is 159 g/mol. The molecule has 0 N–H and O–H groups in total. The molecule has 0 aromatic rings. The second-order valence-electron chi connectivity index (χ2n) is 3.17. The summed E-state index contributed by atoms with van der Waals surface area (Å²) in [7, 11) is 2.23. The number of thioether (sulfide) groups is 1. The van der Waals surface area contributed by atoms with Gasteiger partial charge in [0.15, 0.2) is 0 Å². The maximum Gasteiger partial charge on any atom is 0.00224 e. The van der Waals surface area contributed by atoms with E-state index in [-0.39, 0.29) is 0 Å². The molecule has 0 amide bonds. The van der Waals surface area contributed by atoms with Crippen LogP contribution in [0, 0.1) is 5.92 Å². The first kappa shape index (κ1) is 8.41. The summed E-state index contributed by atoms with van der Waals surface area (Å²) in [6.45, 7) is 4.83. The summed E-state index contributed by atoms with van der Waals surface area (Å²) in [5.41, 5.74) is 0. The molecule has 0 bridgehead atoms. The molecule has 0 spiro atoms. The summed E-state index contributed by atoms with van der Waals surface area (Å²) >= 11 is 2.08. The normalized spacial score (nSPS) is 19.5. The quantitative estimate of drug-likeness (QED) is 0.614. The van der Waals surface area contributed by atoms with E-state index in [1.807, 2.05) is 0 Å². The van der Waals surface area contributed by atoms with E-state index < -0.39 is 0 Å². The van der Waals surface area contributed by atoms with Crippen LogP contribution in [0.2, 0.25) is 0 Å².